The highest BCUT2D eigenvalue weighted by atomic mass is 35.5. The smallest absolute Gasteiger partial charge is 0.300 e. The Hall–Kier alpha value is -3.83. The average Bonchev–Trinajstić information content (AvgIpc) is 3.27. The van der Waals surface area contributed by atoms with Crippen LogP contribution >= 0.6 is 11.6 Å². The minimum absolute atomic E-state index is 0.0593. The summed E-state index contributed by atoms with van der Waals surface area (Å²) in [7, 11) is 0. The largest absolute Gasteiger partial charge is 0.507 e. The number of aromatic nitrogens is 1. The van der Waals surface area contributed by atoms with E-state index in [2.05, 4.69) is 4.98 Å². The molecule has 1 atom stereocenters. The Kier molecular flexibility index (Phi) is 4.83. The third-order valence-corrected chi connectivity index (χ3v) is 6.07. The van der Waals surface area contributed by atoms with Crippen LogP contribution in [0.3, 0.4) is 0 Å². The summed E-state index contributed by atoms with van der Waals surface area (Å²) in [5, 5.41) is 12.6. The molecule has 0 saturated carbocycles. The molecule has 1 fully saturated rings. The normalized spacial score (nSPS) is 17.9. The van der Waals surface area contributed by atoms with Crippen molar-refractivity contribution in [2.24, 2.45) is 0 Å². The van der Waals surface area contributed by atoms with Crippen LogP contribution < -0.4 is 4.90 Å². The van der Waals surface area contributed by atoms with Crippen LogP contribution in [0.15, 0.2) is 84.4 Å². The molecule has 32 heavy (non-hydrogen) atoms. The predicted octanol–water partition coefficient (Wildman–Crippen LogP) is 5.76. The highest BCUT2D eigenvalue weighted by Crippen LogP contribution is 2.45. The number of para-hydroxylation sites is 1. The van der Waals surface area contributed by atoms with Crippen molar-refractivity contribution in [1.82, 2.24) is 4.98 Å². The molecule has 0 spiro atoms. The van der Waals surface area contributed by atoms with Gasteiger partial charge in [-0.25, -0.2) is 0 Å². The molecule has 1 aromatic heterocycles. The Morgan fingerprint density at radius 3 is 2.31 bits per heavy atom. The number of rotatable bonds is 3. The van der Waals surface area contributed by atoms with Crippen LogP contribution in [0.25, 0.3) is 16.7 Å². The maximum atomic E-state index is 13.3. The summed E-state index contributed by atoms with van der Waals surface area (Å²) in [5.41, 5.74) is 3.54. The fraction of sp³-hybridized carbons (Fsp3) is 0.0769. The molecule has 1 saturated heterocycles. The van der Waals surface area contributed by atoms with Crippen molar-refractivity contribution in [2.75, 3.05) is 4.90 Å². The van der Waals surface area contributed by atoms with Crippen molar-refractivity contribution >= 4 is 45.6 Å². The van der Waals surface area contributed by atoms with Gasteiger partial charge in [-0.2, -0.15) is 0 Å². The summed E-state index contributed by atoms with van der Waals surface area (Å²) in [6.45, 7) is 1.90. The SMILES string of the molecule is Cc1[nH]c2ccccc2c1C1/C(=C(\O)c2ccccc2)C(=O)C(=O)N1c1ccc(Cl)cc1. The van der Waals surface area contributed by atoms with Crippen molar-refractivity contribution < 1.29 is 14.7 Å². The Balaban J connectivity index is 1.82. The first-order chi connectivity index (χ1) is 15.5. The molecule has 1 aliphatic heterocycles. The number of aromatic amines is 1. The molecule has 2 heterocycles. The van der Waals surface area contributed by atoms with Crippen LogP contribution in [0, 0.1) is 6.92 Å². The lowest BCUT2D eigenvalue weighted by atomic mass is 9.93. The summed E-state index contributed by atoms with van der Waals surface area (Å²) in [6, 6.07) is 22.5. The fourth-order valence-corrected chi connectivity index (χ4v) is 4.50. The van der Waals surface area contributed by atoms with E-state index < -0.39 is 17.7 Å². The van der Waals surface area contributed by atoms with E-state index in [1.54, 1.807) is 48.5 Å². The van der Waals surface area contributed by atoms with E-state index in [4.69, 9.17) is 11.6 Å². The number of nitrogens with one attached hydrogen (secondary N) is 1. The van der Waals surface area contributed by atoms with Gasteiger partial charge in [0.15, 0.2) is 0 Å². The first-order valence-corrected chi connectivity index (χ1v) is 10.5. The number of hydrogen-bond donors (Lipinski definition) is 2. The van der Waals surface area contributed by atoms with Crippen LogP contribution in [0.1, 0.15) is 22.9 Å². The van der Waals surface area contributed by atoms with Gasteiger partial charge < -0.3 is 10.1 Å². The lowest BCUT2D eigenvalue weighted by Gasteiger charge is -2.26. The lowest BCUT2D eigenvalue weighted by Crippen LogP contribution is -2.29. The van der Waals surface area contributed by atoms with Crippen molar-refractivity contribution in [3.63, 3.8) is 0 Å². The number of nitrogens with zero attached hydrogens (tertiary/aromatic N) is 1. The van der Waals surface area contributed by atoms with Gasteiger partial charge in [0.1, 0.15) is 5.76 Å². The molecule has 1 aliphatic rings. The monoisotopic (exact) mass is 442 g/mol. The molecule has 1 unspecified atom stereocenters. The number of aliphatic hydroxyl groups excluding tert-OH is 1. The van der Waals surface area contributed by atoms with E-state index in [0.717, 1.165) is 22.2 Å². The molecule has 6 heteroatoms. The molecule has 3 aromatic carbocycles. The number of amides is 1. The number of aliphatic hydroxyl groups is 1. The van der Waals surface area contributed by atoms with Gasteiger partial charge >= 0.3 is 0 Å². The number of carbonyl (C=O) groups is 2. The van der Waals surface area contributed by atoms with Crippen LogP contribution in [-0.2, 0) is 9.59 Å². The van der Waals surface area contributed by atoms with Crippen LogP contribution in [0.2, 0.25) is 5.02 Å². The number of fused-ring (bicyclic) bond motifs is 1. The fourth-order valence-electron chi connectivity index (χ4n) is 4.38. The Morgan fingerprint density at radius 1 is 0.938 bits per heavy atom. The van der Waals surface area contributed by atoms with Gasteiger partial charge in [-0.05, 0) is 37.3 Å². The number of anilines is 1. The Bertz CT molecular complexity index is 1390. The minimum Gasteiger partial charge on any atom is -0.507 e. The molecule has 1 amide bonds. The zero-order valence-electron chi connectivity index (χ0n) is 17.2. The summed E-state index contributed by atoms with van der Waals surface area (Å²) in [5.74, 6) is -1.62. The van der Waals surface area contributed by atoms with Gasteiger partial charge in [0.2, 0.25) is 0 Å². The van der Waals surface area contributed by atoms with Gasteiger partial charge in [0.05, 0.1) is 11.6 Å². The second-order valence-corrected chi connectivity index (χ2v) is 8.16. The molecule has 0 radical (unpaired) electrons. The molecular weight excluding hydrogens is 424 g/mol. The van der Waals surface area contributed by atoms with Gasteiger partial charge in [0.25, 0.3) is 11.7 Å². The van der Waals surface area contributed by atoms with E-state index >= 15 is 0 Å². The maximum Gasteiger partial charge on any atom is 0.300 e. The first-order valence-electron chi connectivity index (χ1n) is 10.2. The van der Waals surface area contributed by atoms with E-state index in [0.29, 0.717) is 16.3 Å². The van der Waals surface area contributed by atoms with E-state index in [1.807, 2.05) is 37.3 Å². The van der Waals surface area contributed by atoms with Crippen molar-refractivity contribution in [3.05, 3.63) is 106 Å². The quantitative estimate of drug-likeness (QED) is 0.241. The van der Waals surface area contributed by atoms with Crippen molar-refractivity contribution in [2.45, 2.75) is 13.0 Å². The minimum atomic E-state index is -0.799. The number of hydrogen-bond acceptors (Lipinski definition) is 3. The molecular formula is C26H19ClN2O3. The Morgan fingerprint density at radius 2 is 1.59 bits per heavy atom. The third-order valence-electron chi connectivity index (χ3n) is 5.81. The number of carbonyl (C=O) groups excluding carboxylic acids is 2. The zero-order chi connectivity index (χ0) is 22.4. The summed E-state index contributed by atoms with van der Waals surface area (Å²) < 4.78 is 0. The van der Waals surface area contributed by atoms with Gasteiger partial charge in [-0.1, -0.05) is 60.1 Å². The molecule has 158 valence electrons. The molecule has 2 N–H and O–H groups in total. The molecule has 5 rings (SSSR count). The molecule has 0 bridgehead atoms. The van der Waals surface area contributed by atoms with Gasteiger partial charge in [-0.3, -0.25) is 14.5 Å². The number of ketones is 1. The first kappa shape index (κ1) is 20.1. The number of Topliss-reactive ketones (excluding diaryl/α,β-unsaturated/α-hetero) is 1. The topological polar surface area (TPSA) is 73.4 Å². The second kappa shape index (κ2) is 7.70. The van der Waals surface area contributed by atoms with Crippen molar-refractivity contribution in [3.8, 4) is 0 Å². The van der Waals surface area contributed by atoms with Gasteiger partial charge in [-0.15, -0.1) is 0 Å². The zero-order valence-corrected chi connectivity index (χ0v) is 17.9. The maximum absolute atomic E-state index is 13.3. The van der Waals surface area contributed by atoms with Crippen LogP contribution in [0.4, 0.5) is 5.69 Å². The Labute approximate surface area is 189 Å². The molecule has 0 aliphatic carbocycles. The summed E-state index contributed by atoms with van der Waals surface area (Å²) in [6.07, 6.45) is 0. The third kappa shape index (κ3) is 3.10. The highest BCUT2D eigenvalue weighted by Gasteiger charge is 2.48. The van der Waals surface area contributed by atoms with Gasteiger partial charge in [0, 0.05) is 38.4 Å². The second-order valence-electron chi connectivity index (χ2n) is 7.72. The van der Waals surface area contributed by atoms with E-state index in [1.165, 1.54) is 4.90 Å². The number of H-pyrrole nitrogens is 1. The summed E-state index contributed by atoms with van der Waals surface area (Å²) in [4.78, 5) is 31.3. The van der Waals surface area contributed by atoms with Crippen molar-refractivity contribution in [1.29, 1.82) is 0 Å². The van der Waals surface area contributed by atoms with E-state index in [-0.39, 0.29) is 11.3 Å². The highest BCUT2D eigenvalue weighted by molar-refractivity contribution is 6.52. The lowest BCUT2D eigenvalue weighted by molar-refractivity contribution is -0.132. The molecule has 4 aromatic rings. The van der Waals surface area contributed by atoms with E-state index in [9.17, 15) is 14.7 Å². The number of benzene rings is 3. The summed E-state index contributed by atoms with van der Waals surface area (Å²) >= 11 is 6.06. The number of halogens is 1. The van der Waals surface area contributed by atoms with Crippen LogP contribution in [-0.4, -0.2) is 21.8 Å². The standard InChI is InChI=1S/C26H19ClN2O3/c1-15-21(19-9-5-6-10-20(19)28-15)23-22(24(30)16-7-3-2-4-8-16)25(31)26(32)29(23)18-13-11-17(27)12-14-18/h2-14,23,28,30H,1H3/b24-22+. The average molecular weight is 443 g/mol. The molecule has 5 nitrogen and oxygen atoms in total. The number of aryl methyl sites for hydroxylation is 1. The van der Waals surface area contributed by atoms with Crippen LogP contribution in [0.5, 0.6) is 0 Å². The predicted molar refractivity (Wildman–Crippen MR) is 126 cm³/mol.